The predicted molar refractivity (Wildman–Crippen MR) is 48.0 cm³/mol. The quantitative estimate of drug-likeness (QED) is 0.640. The summed E-state index contributed by atoms with van der Waals surface area (Å²) in [5, 5.41) is 0. The van der Waals surface area contributed by atoms with Gasteiger partial charge in [0.05, 0.1) is 0 Å². The Kier molecular flexibility index (Phi) is 1.40. The van der Waals surface area contributed by atoms with E-state index < -0.39 is 0 Å². The molecule has 2 heteroatoms. The first kappa shape index (κ1) is 7.87. The molecule has 0 bridgehead atoms. The van der Waals surface area contributed by atoms with Crippen LogP contribution >= 0.6 is 0 Å². The van der Waals surface area contributed by atoms with E-state index in [1.54, 1.807) is 0 Å². The van der Waals surface area contributed by atoms with Gasteiger partial charge in [-0.1, -0.05) is 13.8 Å². The molecule has 0 saturated heterocycles. The van der Waals surface area contributed by atoms with Crippen molar-refractivity contribution in [3.63, 3.8) is 0 Å². The van der Waals surface area contributed by atoms with Crippen LogP contribution in [0.5, 0.6) is 0 Å². The van der Waals surface area contributed by atoms with Gasteiger partial charge in [-0.3, -0.25) is 0 Å². The van der Waals surface area contributed by atoms with Crippen LogP contribution in [0.25, 0.3) is 0 Å². The van der Waals surface area contributed by atoms with Crippen molar-refractivity contribution in [1.29, 1.82) is 0 Å². The zero-order valence-corrected chi connectivity index (χ0v) is 7.85. The first-order valence-electron chi connectivity index (χ1n) is 4.37. The molecule has 0 fully saturated rings. The highest BCUT2D eigenvalue weighted by Crippen LogP contribution is 2.44. The molecule has 1 atom stereocenters. The number of furan rings is 1. The van der Waals surface area contributed by atoms with Crippen molar-refractivity contribution >= 4 is 0 Å². The summed E-state index contributed by atoms with van der Waals surface area (Å²) in [5.41, 5.74) is 7.31. The number of aryl methyl sites for hydroxylation is 1. The maximum Gasteiger partial charge on any atom is 0.114 e. The normalized spacial score (nSPS) is 25.8. The smallest absolute Gasteiger partial charge is 0.114 e. The summed E-state index contributed by atoms with van der Waals surface area (Å²) >= 11 is 0. The van der Waals surface area contributed by atoms with Crippen LogP contribution in [0.4, 0.5) is 0 Å². The molecule has 0 radical (unpaired) electrons. The molecular weight excluding hydrogens is 150 g/mol. The Morgan fingerprint density at radius 3 is 2.83 bits per heavy atom. The molecule has 12 heavy (non-hydrogen) atoms. The summed E-state index contributed by atoms with van der Waals surface area (Å²) in [7, 11) is 0. The van der Waals surface area contributed by atoms with Gasteiger partial charge in [-0.25, -0.2) is 0 Å². The maximum atomic E-state index is 5.98. The van der Waals surface area contributed by atoms with Gasteiger partial charge >= 0.3 is 0 Å². The van der Waals surface area contributed by atoms with Gasteiger partial charge in [-0.2, -0.15) is 0 Å². The van der Waals surface area contributed by atoms with Crippen molar-refractivity contribution in [1.82, 2.24) is 0 Å². The third kappa shape index (κ3) is 0.911. The third-order valence-corrected chi connectivity index (χ3v) is 2.63. The predicted octanol–water partition coefficient (Wildman–Crippen LogP) is 2.27. The molecule has 2 nitrogen and oxygen atoms in total. The van der Waals surface area contributed by atoms with Gasteiger partial charge < -0.3 is 10.2 Å². The summed E-state index contributed by atoms with van der Waals surface area (Å²) in [5.74, 6) is 2.07. The fourth-order valence-electron chi connectivity index (χ4n) is 2.09. The first-order chi connectivity index (χ1) is 5.50. The highest BCUT2D eigenvalue weighted by atomic mass is 16.3. The van der Waals surface area contributed by atoms with E-state index in [4.69, 9.17) is 10.2 Å². The minimum Gasteiger partial charge on any atom is -0.465 e. The van der Waals surface area contributed by atoms with Gasteiger partial charge in [0.15, 0.2) is 0 Å². The number of rotatable bonds is 0. The SMILES string of the molecule is Cc1cc2c(o1)C(C)(C)CC2N. The lowest BCUT2D eigenvalue weighted by molar-refractivity contribution is 0.370. The van der Waals surface area contributed by atoms with Crippen molar-refractivity contribution in [3.05, 3.63) is 23.2 Å². The summed E-state index contributed by atoms with van der Waals surface area (Å²) in [6, 6.07) is 2.24. The van der Waals surface area contributed by atoms with E-state index >= 15 is 0 Å². The summed E-state index contributed by atoms with van der Waals surface area (Å²) in [6.07, 6.45) is 1.00. The van der Waals surface area contributed by atoms with Crippen molar-refractivity contribution in [2.24, 2.45) is 5.73 Å². The Hall–Kier alpha value is -0.760. The maximum absolute atomic E-state index is 5.98. The molecule has 1 heterocycles. The third-order valence-electron chi connectivity index (χ3n) is 2.63. The van der Waals surface area contributed by atoms with Crippen LogP contribution in [0.3, 0.4) is 0 Å². The Bertz CT molecular complexity index is 312. The second kappa shape index (κ2) is 2.13. The van der Waals surface area contributed by atoms with Crippen molar-refractivity contribution in [2.75, 3.05) is 0 Å². The standard InChI is InChI=1S/C10H15NO/c1-6-4-7-8(11)5-10(2,3)9(7)12-6/h4,8H,5,11H2,1-3H3. The summed E-state index contributed by atoms with van der Waals surface area (Å²) in [4.78, 5) is 0. The van der Waals surface area contributed by atoms with Crippen LogP contribution in [0.2, 0.25) is 0 Å². The van der Waals surface area contributed by atoms with E-state index in [2.05, 4.69) is 19.9 Å². The molecule has 2 N–H and O–H groups in total. The summed E-state index contributed by atoms with van der Waals surface area (Å²) < 4.78 is 5.63. The lowest BCUT2D eigenvalue weighted by Gasteiger charge is -2.16. The largest absolute Gasteiger partial charge is 0.465 e. The van der Waals surface area contributed by atoms with Crippen LogP contribution in [0.1, 0.15) is 43.4 Å². The molecule has 1 unspecified atom stereocenters. The van der Waals surface area contributed by atoms with Crippen LogP contribution in [0, 0.1) is 6.92 Å². The second-order valence-electron chi connectivity index (χ2n) is 4.34. The fraction of sp³-hybridized carbons (Fsp3) is 0.600. The Morgan fingerprint density at radius 2 is 2.25 bits per heavy atom. The molecule has 0 aromatic carbocycles. The van der Waals surface area contributed by atoms with E-state index in [0.29, 0.717) is 0 Å². The van der Waals surface area contributed by atoms with E-state index in [1.807, 2.05) is 6.92 Å². The van der Waals surface area contributed by atoms with Gasteiger partial charge in [0.2, 0.25) is 0 Å². The van der Waals surface area contributed by atoms with Crippen molar-refractivity contribution in [3.8, 4) is 0 Å². The molecule has 0 aliphatic heterocycles. The average Bonchev–Trinajstić information content (AvgIpc) is 2.37. The average molecular weight is 165 g/mol. The summed E-state index contributed by atoms with van der Waals surface area (Å²) in [6.45, 7) is 6.34. The Morgan fingerprint density at radius 1 is 1.58 bits per heavy atom. The highest BCUT2D eigenvalue weighted by Gasteiger charge is 2.38. The van der Waals surface area contributed by atoms with E-state index in [-0.39, 0.29) is 11.5 Å². The van der Waals surface area contributed by atoms with E-state index in [9.17, 15) is 0 Å². The van der Waals surface area contributed by atoms with Crippen molar-refractivity contribution < 1.29 is 4.42 Å². The number of hydrogen-bond donors (Lipinski definition) is 1. The molecule has 2 rings (SSSR count). The van der Waals surface area contributed by atoms with Crippen LogP contribution in [-0.4, -0.2) is 0 Å². The number of fused-ring (bicyclic) bond motifs is 1. The molecular formula is C10H15NO. The fourth-order valence-corrected chi connectivity index (χ4v) is 2.09. The zero-order chi connectivity index (χ0) is 8.93. The van der Waals surface area contributed by atoms with Gasteiger partial charge in [-0.05, 0) is 19.4 Å². The molecule has 0 spiro atoms. The van der Waals surface area contributed by atoms with Crippen LogP contribution < -0.4 is 5.73 Å². The lowest BCUT2D eigenvalue weighted by atomic mass is 9.91. The number of nitrogens with two attached hydrogens (primary N) is 1. The molecule has 1 aromatic heterocycles. The van der Waals surface area contributed by atoms with E-state index in [1.165, 1.54) is 5.56 Å². The number of hydrogen-bond acceptors (Lipinski definition) is 2. The van der Waals surface area contributed by atoms with Crippen molar-refractivity contribution in [2.45, 2.75) is 38.6 Å². The monoisotopic (exact) mass is 165 g/mol. The first-order valence-corrected chi connectivity index (χ1v) is 4.37. The highest BCUT2D eigenvalue weighted by molar-refractivity contribution is 5.35. The topological polar surface area (TPSA) is 39.2 Å². The molecule has 1 aromatic rings. The van der Waals surface area contributed by atoms with E-state index in [0.717, 1.165) is 17.9 Å². The van der Waals surface area contributed by atoms with Gasteiger partial charge in [0, 0.05) is 17.0 Å². The minimum atomic E-state index is 0.128. The second-order valence-corrected chi connectivity index (χ2v) is 4.34. The molecule has 66 valence electrons. The molecule has 1 aliphatic carbocycles. The van der Waals surface area contributed by atoms with Crippen LogP contribution in [-0.2, 0) is 5.41 Å². The van der Waals surface area contributed by atoms with Gasteiger partial charge in [-0.15, -0.1) is 0 Å². The Labute approximate surface area is 72.7 Å². The Balaban J connectivity index is 2.56. The molecule has 1 aliphatic rings. The van der Waals surface area contributed by atoms with Crippen LogP contribution in [0.15, 0.2) is 10.5 Å². The molecule has 0 amide bonds. The molecule has 0 saturated carbocycles. The van der Waals surface area contributed by atoms with Gasteiger partial charge in [0.25, 0.3) is 0 Å². The lowest BCUT2D eigenvalue weighted by Crippen LogP contribution is -2.14. The minimum absolute atomic E-state index is 0.128. The van der Waals surface area contributed by atoms with Gasteiger partial charge in [0.1, 0.15) is 11.5 Å². The zero-order valence-electron chi connectivity index (χ0n) is 7.85.